The number of nitrogens with zero attached hydrogens (tertiary/aromatic N) is 3. The second-order valence-electron chi connectivity index (χ2n) is 8.76. The van der Waals surface area contributed by atoms with Gasteiger partial charge in [0.15, 0.2) is 5.17 Å². The summed E-state index contributed by atoms with van der Waals surface area (Å²) in [5, 5.41) is 3.04. The molecular formula is C29H25Cl2N3OS. The van der Waals surface area contributed by atoms with Gasteiger partial charge in [-0.1, -0.05) is 72.1 Å². The van der Waals surface area contributed by atoms with Crippen molar-refractivity contribution in [3.8, 4) is 0 Å². The van der Waals surface area contributed by atoms with Crippen LogP contribution in [0.15, 0.2) is 82.8 Å². The predicted molar refractivity (Wildman–Crippen MR) is 153 cm³/mol. The zero-order valence-electron chi connectivity index (χ0n) is 20.0. The number of amidine groups is 1. The third kappa shape index (κ3) is 5.10. The molecule has 0 bridgehead atoms. The summed E-state index contributed by atoms with van der Waals surface area (Å²) in [6.45, 7) is 5.35. The van der Waals surface area contributed by atoms with Crippen LogP contribution in [0.1, 0.15) is 30.0 Å². The van der Waals surface area contributed by atoms with Crippen LogP contribution >= 0.6 is 35.0 Å². The summed E-state index contributed by atoms with van der Waals surface area (Å²) in [7, 11) is 0. The topological polar surface area (TPSA) is 37.6 Å². The number of para-hydroxylation sites is 1. The monoisotopic (exact) mass is 533 g/mol. The van der Waals surface area contributed by atoms with Gasteiger partial charge < -0.3 is 4.57 Å². The SMILES string of the molecule is CCCN1C(=O)/C(=C\c2cn(Cc3ccc(Cl)cc3Cl)c3ccccc23)SC1=Nc1ccc(C)cc1. The molecule has 2 heterocycles. The van der Waals surface area contributed by atoms with Crippen molar-refractivity contribution in [1.29, 1.82) is 0 Å². The van der Waals surface area contributed by atoms with Gasteiger partial charge in [0.1, 0.15) is 0 Å². The summed E-state index contributed by atoms with van der Waals surface area (Å²) in [5.41, 5.74) is 5.06. The van der Waals surface area contributed by atoms with Crippen molar-refractivity contribution in [2.45, 2.75) is 26.8 Å². The van der Waals surface area contributed by atoms with Gasteiger partial charge in [0.2, 0.25) is 0 Å². The third-order valence-corrected chi connectivity index (χ3v) is 7.65. The van der Waals surface area contributed by atoms with Gasteiger partial charge in [0.25, 0.3) is 5.91 Å². The van der Waals surface area contributed by atoms with Crippen molar-refractivity contribution in [2.75, 3.05) is 6.54 Å². The Hall–Kier alpha value is -2.99. The molecule has 1 aliphatic heterocycles. The van der Waals surface area contributed by atoms with Crippen molar-refractivity contribution in [2.24, 2.45) is 4.99 Å². The van der Waals surface area contributed by atoms with E-state index in [1.54, 1.807) is 11.0 Å². The Balaban J connectivity index is 1.52. The van der Waals surface area contributed by atoms with Crippen molar-refractivity contribution in [1.82, 2.24) is 9.47 Å². The Morgan fingerprint density at radius 2 is 1.81 bits per heavy atom. The van der Waals surface area contributed by atoms with E-state index in [0.717, 1.165) is 34.1 Å². The summed E-state index contributed by atoms with van der Waals surface area (Å²) in [6, 6.07) is 21.8. The van der Waals surface area contributed by atoms with E-state index in [-0.39, 0.29) is 5.91 Å². The first kappa shape index (κ1) is 24.7. The molecular weight excluding hydrogens is 509 g/mol. The summed E-state index contributed by atoms with van der Waals surface area (Å²) in [5.74, 6) is -0.00899. The maximum absolute atomic E-state index is 13.4. The lowest BCUT2D eigenvalue weighted by Crippen LogP contribution is -2.29. The number of benzene rings is 3. The summed E-state index contributed by atoms with van der Waals surface area (Å²) in [6.07, 6.45) is 4.92. The Bertz CT molecular complexity index is 1500. The largest absolute Gasteiger partial charge is 0.342 e. The molecule has 5 rings (SSSR count). The highest BCUT2D eigenvalue weighted by Gasteiger charge is 2.33. The number of rotatable bonds is 6. The van der Waals surface area contributed by atoms with Crippen LogP contribution in [0.25, 0.3) is 17.0 Å². The molecule has 182 valence electrons. The molecule has 0 spiro atoms. The quantitative estimate of drug-likeness (QED) is 0.233. The van der Waals surface area contributed by atoms with Crippen LogP contribution in [0, 0.1) is 6.92 Å². The first-order valence-electron chi connectivity index (χ1n) is 11.8. The number of aromatic nitrogens is 1. The maximum Gasteiger partial charge on any atom is 0.266 e. The predicted octanol–water partition coefficient (Wildman–Crippen LogP) is 8.32. The highest BCUT2D eigenvalue weighted by Crippen LogP contribution is 2.36. The number of aryl methyl sites for hydroxylation is 1. The van der Waals surface area contributed by atoms with E-state index in [1.165, 1.54) is 17.3 Å². The minimum absolute atomic E-state index is 0.00899. The molecule has 1 fully saturated rings. The van der Waals surface area contributed by atoms with Gasteiger partial charge in [-0.2, -0.15) is 0 Å². The second kappa shape index (κ2) is 10.6. The van der Waals surface area contributed by atoms with Crippen LogP contribution in [0.5, 0.6) is 0 Å². The van der Waals surface area contributed by atoms with E-state index in [1.807, 2.05) is 61.5 Å². The number of halogens is 2. The molecule has 4 nitrogen and oxygen atoms in total. The van der Waals surface area contributed by atoms with Crippen molar-refractivity contribution < 1.29 is 4.79 Å². The van der Waals surface area contributed by atoms with E-state index in [2.05, 4.69) is 29.8 Å². The highest BCUT2D eigenvalue weighted by molar-refractivity contribution is 8.18. The molecule has 3 aromatic carbocycles. The number of aliphatic imine (C=N–C) groups is 1. The molecule has 0 N–H and O–H groups in total. The van der Waals surface area contributed by atoms with E-state index in [9.17, 15) is 4.79 Å². The lowest BCUT2D eigenvalue weighted by Gasteiger charge is -2.13. The van der Waals surface area contributed by atoms with Crippen LogP contribution in [-0.4, -0.2) is 27.1 Å². The summed E-state index contributed by atoms with van der Waals surface area (Å²) in [4.78, 5) is 20.6. The molecule has 0 atom stereocenters. The van der Waals surface area contributed by atoms with Crippen LogP contribution in [0.3, 0.4) is 0 Å². The number of carbonyl (C=O) groups is 1. The number of hydrogen-bond acceptors (Lipinski definition) is 3. The molecule has 1 saturated heterocycles. The molecule has 1 aromatic heterocycles. The Labute approximate surface area is 225 Å². The van der Waals surface area contributed by atoms with Gasteiger partial charge >= 0.3 is 0 Å². The number of fused-ring (bicyclic) bond motifs is 1. The average Bonchev–Trinajstić information content (AvgIpc) is 3.35. The maximum atomic E-state index is 13.4. The lowest BCUT2D eigenvalue weighted by molar-refractivity contribution is -0.122. The zero-order valence-corrected chi connectivity index (χ0v) is 22.4. The van der Waals surface area contributed by atoms with Gasteiger partial charge in [-0.3, -0.25) is 9.69 Å². The van der Waals surface area contributed by atoms with Crippen molar-refractivity contribution in [3.63, 3.8) is 0 Å². The molecule has 0 aliphatic carbocycles. The van der Waals surface area contributed by atoms with E-state index in [4.69, 9.17) is 28.2 Å². The average molecular weight is 535 g/mol. The smallest absolute Gasteiger partial charge is 0.266 e. The standard InChI is InChI=1S/C29H25Cl2N3OS/c1-3-14-34-28(35)27(36-29(34)32-23-12-8-19(2)9-13-23)15-21-18-33(26-7-5-4-6-24(21)26)17-20-10-11-22(30)16-25(20)31/h4-13,15-16,18H,3,14,17H2,1-2H3/b27-15+,32-29?. The fourth-order valence-electron chi connectivity index (χ4n) is 4.24. The zero-order chi connectivity index (χ0) is 25.2. The van der Waals surface area contributed by atoms with Gasteiger partial charge in [0, 0.05) is 45.8 Å². The molecule has 1 aliphatic rings. The van der Waals surface area contributed by atoms with Crippen molar-refractivity contribution in [3.05, 3.63) is 105 Å². The van der Waals surface area contributed by atoms with Crippen molar-refractivity contribution >= 4 is 68.7 Å². The number of carbonyl (C=O) groups excluding carboxylic acids is 1. The lowest BCUT2D eigenvalue weighted by atomic mass is 10.1. The minimum Gasteiger partial charge on any atom is -0.342 e. The number of hydrogen-bond donors (Lipinski definition) is 0. The van der Waals surface area contributed by atoms with E-state index in [0.29, 0.717) is 33.2 Å². The van der Waals surface area contributed by atoms with Gasteiger partial charge in [-0.05, 0) is 67.1 Å². The van der Waals surface area contributed by atoms with Gasteiger partial charge in [-0.15, -0.1) is 0 Å². The Morgan fingerprint density at radius 1 is 1.03 bits per heavy atom. The molecule has 1 amide bonds. The minimum atomic E-state index is -0.00899. The highest BCUT2D eigenvalue weighted by atomic mass is 35.5. The molecule has 0 radical (unpaired) electrons. The Morgan fingerprint density at radius 3 is 2.56 bits per heavy atom. The molecule has 36 heavy (non-hydrogen) atoms. The summed E-state index contributed by atoms with van der Waals surface area (Å²) < 4.78 is 2.16. The van der Waals surface area contributed by atoms with Crippen LogP contribution in [0.2, 0.25) is 10.0 Å². The fraction of sp³-hybridized carbons (Fsp3) is 0.172. The molecule has 0 unspecified atom stereocenters. The molecule has 0 saturated carbocycles. The first-order valence-corrected chi connectivity index (χ1v) is 13.4. The molecule has 7 heteroatoms. The van der Waals surface area contributed by atoms with Crippen LogP contribution < -0.4 is 0 Å². The normalized spacial score (nSPS) is 16.1. The summed E-state index contributed by atoms with van der Waals surface area (Å²) >= 11 is 14.0. The van der Waals surface area contributed by atoms with Crippen LogP contribution in [0.4, 0.5) is 5.69 Å². The number of amides is 1. The van der Waals surface area contributed by atoms with Crippen LogP contribution in [-0.2, 0) is 11.3 Å². The fourth-order valence-corrected chi connectivity index (χ4v) is 5.72. The van der Waals surface area contributed by atoms with E-state index >= 15 is 0 Å². The Kier molecular flexibility index (Phi) is 7.24. The van der Waals surface area contributed by atoms with Gasteiger partial charge in [-0.25, -0.2) is 4.99 Å². The third-order valence-electron chi connectivity index (χ3n) is 6.06. The second-order valence-corrected chi connectivity index (χ2v) is 10.6. The number of thioether (sulfide) groups is 1. The molecule has 4 aromatic rings. The van der Waals surface area contributed by atoms with Gasteiger partial charge in [0.05, 0.1) is 10.6 Å². The first-order chi connectivity index (χ1) is 17.4. The van der Waals surface area contributed by atoms with E-state index < -0.39 is 0 Å².